The van der Waals surface area contributed by atoms with Gasteiger partial charge in [0.05, 0.1) is 0 Å². The van der Waals surface area contributed by atoms with Crippen LogP contribution >= 0.6 is 19.8 Å². The fourth-order valence-electron chi connectivity index (χ4n) is 0.692. The van der Waals surface area contributed by atoms with E-state index >= 15 is 0 Å². The molecule has 1 atom stereocenters. The highest BCUT2D eigenvalue weighted by Gasteiger charge is 1.87. The molecule has 70 valence electrons. The molecule has 0 heterocycles. The Morgan fingerprint density at radius 3 is 2.92 bits per heavy atom. The molecule has 0 aliphatic rings. The monoisotopic (exact) mass is 205 g/mol. The first-order chi connectivity index (χ1) is 5.85. The number of hydrogen-bond donors (Lipinski definition) is 1. The van der Waals surface area contributed by atoms with Crippen LogP contribution in [-0.4, -0.2) is 5.75 Å². The molecule has 0 bridgehead atoms. The lowest BCUT2D eigenvalue weighted by Gasteiger charge is -1.97. The Labute approximate surface area is 80.5 Å². The van der Waals surface area contributed by atoms with Crippen LogP contribution in [0.1, 0.15) is 19.8 Å². The second-order valence-corrected chi connectivity index (χ2v) is 3.94. The van der Waals surface area contributed by atoms with Crippen molar-refractivity contribution < 1.29 is 4.84 Å². The maximum Gasteiger partial charge on any atom is 0.142 e. The molecule has 0 spiro atoms. The standard InChI is InChI=1S/C8H16NOPS/c1-2-5-8(10-9)6-3-4-7-12-11/h3,5-6H,2,4,7,9,11H2,1H3/b6-3-,8-5+. The molecular weight excluding hydrogens is 189 g/mol. The third-order valence-electron chi connectivity index (χ3n) is 1.23. The van der Waals surface area contributed by atoms with Crippen molar-refractivity contribution in [3.05, 3.63) is 24.0 Å². The lowest BCUT2D eigenvalue weighted by molar-refractivity contribution is 0.232. The molecule has 0 radical (unpaired) electrons. The van der Waals surface area contributed by atoms with Gasteiger partial charge in [-0.3, -0.25) is 0 Å². The van der Waals surface area contributed by atoms with Crippen LogP contribution in [0.15, 0.2) is 24.0 Å². The normalized spacial score (nSPS) is 12.4. The van der Waals surface area contributed by atoms with Gasteiger partial charge in [-0.05, 0) is 25.0 Å². The van der Waals surface area contributed by atoms with Crippen LogP contribution in [0.2, 0.25) is 0 Å². The van der Waals surface area contributed by atoms with Crippen molar-refractivity contribution in [3.8, 4) is 0 Å². The molecule has 0 saturated heterocycles. The van der Waals surface area contributed by atoms with Crippen LogP contribution in [0.4, 0.5) is 0 Å². The smallest absolute Gasteiger partial charge is 0.142 e. The van der Waals surface area contributed by atoms with Gasteiger partial charge in [0, 0.05) is 5.75 Å². The van der Waals surface area contributed by atoms with Gasteiger partial charge in [0.1, 0.15) is 5.76 Å². The van der Waals surface area contributed by atoms with Gasteiger partial charge in [-0.15, -0.1) is 11.4 Å². The third kappa shape index (κ3) is 6.71. The Balaban J connectivity index is 3.69. The minimum Gasteiger partial charge on any atom is -0.412 e. The van der Waals surface area contributed by atoms with E-state index in [1.807, 2.05) is 19.1 Å². The van der Waals surface area contributed by atoms with Crippen molar-refractivity contribution in [1.82, 2.24) is 0 Å². The molecule has 2 nitrogen and oxygen atoms in total. The maximum absolute atomic E-state index is 5.04. The van der Waals surface area contributed by atoms with Crippen LogP contribution in [0.5, 0.6) is 0 Å². The summed E-state index contributed by atoms with van der Waals surface area (Å²) < 4.78 is 0. The Morgan fingerprint density at radius 2 is 2.42 bits per heavy atom. The minimum absolute atomic E-state index is 0.742. The highest BCUT2D eigenvalue weighted by Crippen LogP contribution is 2.11. The van der Waals surface area contributed by atoms with Crippen molar-refractivity contribution in [3.63, 3.8) is 0 Å². The Kier molecular flexibility index (Phi) is 9.13. The van der Waals surface area contributed by atoms with Gasteiger partial charge in [0.25, 0.3) is 0 Å². The second-order valence-electron chi connectivity index (χ2n) is 2.19. The predicted molar refractivity (Wildman–Crippen MR) is 59.6 cm³/mol. The molecule has 1 unspecified atom stereocenters. The Hall–Kier alpha value is 0.0200. The average Bonchev–Trinajstić information content (AvgIpc) is 2.10. The summed E-state index contributed by atoms with van der Waals surface area (Å²) in [4.78, 5) is 4.63. The molecule has 12 heavy (non-hydrogen) atoms. The Morgan fingerprint density at radius 1 is 1.67 bits per heavy atom. The summed E-state index contributed by atoms with van der Waals surface area (Å²) in [6.07, 6.45) is 7.90. The summed E-state index contributed by atoms with van der Waals surface area (Å²) in [5, 5.41) is 0. The SMILES string of the molecule is CC/C=C(\C=C/CCSP)ON. The van der Waals surface area contributed by atoms with E-state index in [1.54, 1.807) is 11.4 Å². The van der Waals surface area contributed by atoms with Gasteiger partial charge in [-0.1, -0.05) is 21.4 Å². The van der Waals surface area contributed by atoms with Crippen LogP contribution in [0.3, 0.4) is 0 Å². The molecule has 4 heteroatoms. The van der Waals surface area contributed by atoms with Crippen LogP contribution in [-0.2, 0) is 4.84 Å². The fourth-order valence-corrected chi connectivity index (χ4v) is 1.37. The summed E-state index contributed by atoms with van der Waals surface area (Å²) >= 11 is 1.75. The molecule has 0 aromatic rings. The molecule has 0 aromatic carbocycles. The zero-order chi connectivity index (χ0) is 9.23. The number of allylic oxidation sites excluding steroid dienone is 3. The van der Waals surface area contributed by atoms with Crippen molar-refractivity contribution in [1.29, 1.82) is 0 Å². The number of hydrogen-bond acceptors (Lipinski definition) is 3. The maximum atomic E-state index is 5.04. The van der Waals surface area contributed by atoms with Gasteiger partial charge in [-0.25, -0.2) is 0 Å². The van der Waals surface area contributed by atoms with Crippen molar-refractivity contribution in [2.24, 2.45) is 5.90 Å². The molecule has 0 aliphatic carbocycles. The van der Waals surface area contributed by atoms with E-state index in [9.17, 15) is 0 Å². The highest BCUT2D eigenvalue weighted by atomic mass is 32.7. The summed E-state index contributed by atoms with van der Waals surface area (Å²) in [6, 6.07) is 0. The topological polar surface area (TPSA) is 35.2 Å². The average molecular weight is 205 g/mol. The summed E-state index contributed by atoms with van der Waals surface area (Å²) in [6.45, 7) is 2.05. The molecule has 2 N–H and O–H groups in total. The molecule has 0 aromatic heterocycles. The lowest BCUT2D eigenvalue weighted by atomic mass is 10.3. The van der Waals surface area contributed by atoms with E-state index in [1.165, 1.54) is 0 Å². The first-order valence-electron chi connectivity index (χ1n) is 3.90. The van der Waals surface area contributed by atoms with Gasteiger partial charge in [0.2, 0.25) is 0 Å². The number of nitrogens with two attached hydrogens (primary N) is 1. The van der Waals surface area contributed by atoms with Gasteiger partial charge in [-0.2, -0.15) is 5.90 Å². The van der Waals surface area contributed by atoms with Gasteiger partial charge in [0.15, 0.2) is 0 Å². The molecule has 0 aliphatic heterocycles. The second kappa shape index (κ2) is 9.11. The zero-order valence-corrected chi connectivity index (χ0v) is 9.30. The van der Waals surface area contributed by atoms with E-state index in [0.29, 0.717) is 0 Å². The third-order valence-corrected chi connectivity index (χ3v) is 2.40. The predicted octanol–water partition coefficient (Wildman–Crippen LogP) is 2.64. The lowest BCUT2D eigenvalue weighted by Crippen LogP contribution is -1.96. The number of rotatable bonds is 6. The molecule has 0 rings (SSSR count). The molecular formula is C8H16NOPS. The summed E-state index contributed by atoms with van der Waals surface area (Å²) in [7, 11) is 2.62. The first-order valence-corrected chi connectivity index (χ1v) is 6.36. The molecule has 0 fully saturated rings. The fraction of sp³-hybridized carbons (Fsp3) is 0.500. The van der Waals surface area contributed by atoms with Crippen molar-refractivity contribution >= 4 is 19.8 Å². The van der Waals surface area contributed by atoms with Crippen molar-refractivity contribution in [2.75, 3.05) is 5.75 Å². The van der Waals surface area contributed by atoms with E-state index < -0.39 is 0 Å². The van der Waals surface area contributed by atoms with E-state index in [4.69, 9.17) is 5.90 Å². The first kappa shape index (κ1) is 12.0. The van der Waals surface area contributed by atoms with Crippen LogP contribution in [0.25, 0.3) is 0 Å². The van der Waals surface area contributed by atoms with E-state index in [0.717, 1.165) is 24.4 Å². The van der Waals surface area contributed by atoms with Crippen LogP contribution in [0, 0.1) is 0 Å². The zero-order valence-electron chi connectivity index (χ0n) is 7.32. The quantitative estimate of drug-likeness (QED) is 0.238. The van der Waals surface area contributed by atoms with Gasteiger partial charge < -0.3 is 4.84 Å². The highest BCUT2D eigenvalue weighted by molar-refractivity contribution is 8.43. The molecule has 0 amide bonds. The largest absolute Gasteiger partial charge is 0.412 e. The molecule has 0 saturated carbocycles. The summed E-state index contributed by atoms with van der Waals surface area (Å²) in [5.41, 5.74) is 0. The summed E-state index contributed by atoms with van der Waals surface area (Å²) in [5.74, 6) is 6.89. The van der Waals surface area contributed by atoms with E-state index in [-0.39, 0.29) is 0 Å². The van der Waals surface area contributed by atoms with E-state index in [2.05, 4.69) is 19.4 Å². The van der Waals surface area contributed by atoms with Crippen molar-refractivity contribution in [2.45, 2.75) is 19.8 Å². The minimum atomic E-state index is 0.742. The van der Waals surface area contributed by atoms with Gasteiger partial charge >= 0.3 is 0 Å². The Bertz CT molecular complexity index is 159. The van der Waals surface area contributed by atoms with Crippen LogP contribution < -0.4 is 5.90 Å².